The molecule has 1 heterocycles. The second kappa shape index (κ2) is 7.72. The first-order valence-corrected chi connectivity index (χ1v) is 8.03. The minimum Gasteiger partial charge on any atom is -0.272 e. The van der Waals surface area contributed by atoms with Crippen LogP contribution in [0.25, 0.3) is 0 Å². The van der Waals surface area contributed by atoms with Gasteiger partial charge in [0.15, 0.2) is 0 Å². The fraction of sp³-hybridized carbons (Fsp3) is 0.143. The third kappa shape index (κ3) is 4.71. The maximum atomic E-state index is 11.6. The van der Waals surface area contributed by atoms with Crippen LogP contribution in [0.1, 0.15) is 15.2 Å². The van der Waals surface area contributed by atoms with Gasteiger partial charge in [0.2, 0.25) is 5.91 Å². The lowest BCUT2D eigenvalue weighted by Crippen LogP contribution is -2.42. The highest BCUT2D eigenvalue weighted by molar-refractivity contribution is 7.99. The molecule has 0 saturated heterocycles. The summed E-state index contributed by atoms with van der Waals surface area (Å²) in [4.78, 5) is 23.7. The van der Waals surface area contributed by atoms with E-state index in [2.05, 4.69) is 10.9 Å². The summed E-state index contributed by atoms with van der Waals surface area (Å²) in [6.45, 7) is 0. The fourth-order valence-corrected chi connectivity index (χ4v) is 2.87. The van der Waals surface area contributed by atoms with Crippen molar-refractivity contribution in [1.29, 1.82) is 0 Å². The monoisotopic (exact) mass is 306 g/mol. The highest BCUT2D eigenvalue weighted by atomic mass is 32.2. The van der Waals surface area contributed by atoms with Crippen LogP contribution < -0.4 is 10.9 Å². The first-order chi connectivity index (χ1) is 9.75. The van der Waals surface area contributed by atoms with E-state index in [0.29, 0.717) is 10.6 Å². The molecule has 0 radical (unpaired) electrons. The maximum Gasteiger partial charge on any atom is 0.279 e. The molecule has 0 aliphatic rings. The third-order valence-corrected chi connectivity index (χ3v) is 4.28. The van der Waals surface area contributed by atoms with Crippen molar-refractivity contribution in [2.75, 3.05) is 5.75 Å². The van der Waals surface area contributed by atoms with E-state index in [4.69, 9.17) is 0 Å². The van der Waals surface area contributed by atoms with Gasteiger partial charge in [-0.05, 0) is 17.0 Å². The molecule has 4 nitrogen and oxygen atoms in total. The summed E-state index contributed by atoms with van der Waals surface area (Å²) in [5.74, 6) is 0.574. The van der Waals surface area contributed by atoms with Crippen molar-refractivity contribution in [2.45, 2.75) is 5.75 Å². The third-order valence-electron chi connectivity index (χ3n) is 2.41. The van der Waals surface area contributed by atoms with E-state index >= 15 is 0 Å². The number of rotatable bonds is 5. The van der Waals surface area contributed by atoms with Gasteiger partial charge in [0.25, 0.3) is 5.91 Å². The highest BCUT2D eigenvalue weighted by Crippen LogP contribution is 2.11. The summed E-state index contributed by atoms with van der Waals surface area (Å²) < 4.78 is 0. The molecule has 0 fully saturated rings. The minimum absolute atomic E-state index is 0.212. The van der Waals surface area contributed by atoms with Crippen LogP contribution in [-0.2, 0) is 10.5 Å². The van der Waals surface area contributed by atoms with Gasteiger partial charge in [-0.3, -0.25) is 20.4 Å². The average Bonchev–Trinajstić information content (AvgIpc) is 3.00. The Morgan fingerprint density at radius 3 is 2.55 bits per heavy atom. The topological polar surface area (TPSA) is 58.2 Å². The Morgan fingerprint density at radius 1 is 1.05 bits per heavy atom. The molecule has 0 aliphatic carbocycles. The molecule has 0 unspecified atom stereocenters. The van der Waals surface area contributed by atoms with Crippen molar-refractivity contribution >= 4 is 34.9 Å². The number of thiophene rings is 1. The lowest BCUT2D eigenvalue weighted by molar-refractivity contribution is -0.119. The normalized spacial score (nSPS) is 10.0. The van der Waals surface area contributed by atoms with Crippen molar-refractivity contribution in [3.05, 3.63) is 58.3 Å². The van der Waals surface area contributed by atoms with Crippen molar-refractivity contribution in [3.8, 4) is 0 Å². The van der Waals surface area contributed by atoms with Crippen molar-refractivity contribution in [3.63, 3.8) is 0 Å². The van der Waals surface area contributed by atoms with Crippen LogP contribution in [0.5, 0.6) is 0 Å². The van der Waals surface area contributed by atoms with E-state index in [-0.39, 0.29) is 11.8 Å². The highest BCUT2D eigenvalue weighted by Gasteiger charge is 2.07. The Hall–Kier alpha value is -1.79. The molecule has 0 aliphatic heterocycles. The standard InChI is InChI=1S/C14H14N2O2S2/c17-13(10-19-9-11-5-2-1-3-6-11)15-16-14(18)12-7-4-8-20-12/h1-8H,9-10H2,(H,15,17)(H,16,18). The van der Waals surface area contributed by atoms with Crippen LogP contribution in [0.4, 0.5) is 0 Å². The second-order valence-corrected chi connectivity index (χ2v) is 5.89. The Morgan fingerprint density at radius 2 is 1.85 bits per heavy atom. The molecule has 1 aromatic heterocycles. The molecule has 6 heteroatoms. The summed E-state index contributed by atoms with van der Waals surface area (Å²) >= 11 is 2.83. The predicted octanol–water partition coefficient (Wildman–Crippen LogP) is 2.44. The summed E-state index contributed by atoms with van der Waals surface area (Å²) in [5.41, 5.74) is 5.97. The van der Waals surface area contributed by atoms with Crippen LogP contribution >= 0.6 is 23.1 Å². The lowest BCUT2D eigenvalue weighted by Gasteiger charge is -2.06. The Balaban J connectivity index is 1.65. The number of nitrogens with one attached hydrogen (secondary N) is 2. The van der Waals surface area contributed by atoms with Gasteiger partial charge in [-0.15, -0.1) is 23.1 Å². The van der Waals surface area contributed by atoms with Crippen LogP contribution in [0.2, 0.25) is 0 Å². The molecule has 2 aromatic rings. The van der Waals surface area contributed by atoms with Gasteiger partial charge in [0.05, 0.1) is 10.6 Å². The lowest BCUT2D eigenvalue weighted by atomic mass is 10.2. The summed E-state index contributed by atoms with van der Waals surface area (Å²) in [7, 11) is 0. The van der Waals surface area contributed by atoms with Gasteiger partial charge in [-0.1, -0.05) is 36.4 Å². The maximum absolute atomic E-state index is 11.6. The van der Waals surface area contributed by atoms with Crippen molar-refractivity contribution < 1.29 is 9.59 Å². The quantitative estimate of drug-likeness (QED) is 0.834. The minimum atomic E-state index is -0.290. The molecule has 2 N–H and O–H groups in total. The van der Waals surface area contributed by atoms with Crippen molar-refractivity contribution in [1.82, 2.24) is 10.9 Å². The molecule has 20 heavy (non-hydrogen) atoms. The SMILES string of the molecule is O=C(CSCc1ccccc1)NNC(=O)c1cccs1. The number of hydrogen-bond acceptors (Lipinski definition) is 4. The van der Waals surface area contributed by atoms with Gasteiger partial charge in [0, 0.05) is 5.75 Å². The van der Waals surface area contributed by atoms with E-state index in [0.717, 1.165) is 5.75 Å². The Kier molecular flexibility index (Phi) is 5.64. The largest absolute Gasteiger partial charge is 0.279 e. The molecule has 0 bridgehead atoms. The summed E-state index contributed by atoms with van der Waals surface area (Å²) in [5, 5.41) is 1.81. The molecule has 0 atom stereocenters. The smallest absolute Gasteiger partial charge is 0.272 e. The zero-order valence-electron chi connectivity index (χ0n) is 10.7. The molecule has 2 rings (SSSR count). The first kappa shape index (κ1) is 14.6. The number of thioether (sulfide) groups is 1. The zero-order valence-corrected chi connectivity index (χ0v) is 12.3. The van der Waals surface area contributed by atoms with Crippen LogP contribution in [0, 0.1) is 0 Å². The van der Waals surface area contributed by atoms with E-state index in [1.807, 2.05) is 35.7 Å². The van der Waals surface area contributed by atoms with Gasteiger partial charge in [-0.25, -0.2) is 0 Å². The van der Waals surface area contributed by atoms with Crippen LogP contribution in [0.15, 0.2) is 47.8 Å². The van der Waals surface area contributed by atoms with Crippen LogP contribution in [-0.4, -0.2) is 17.6 Å². The van der Waals surface area contributed by atoms with Gasteiger partial charge >= 0.3 is 0 Å². The molecule has 1 aromatic carbocycles. The molecule has 2 amide bonds. The van der Waals surface area contributed by atoms with Gasteiger partial charge in [-0.2, -0.15) is 0 Å². The number of carbonyl (C=O) groups is 2. The average molecular weight is 306 g/mol. The molecular formula is C14H14N2O2S2. The number of hydrogen-bond donors (Lipinski definition) is 2. The van der Waals surface area contributed by atoms with Crippen molar-refractivity contribution in [2.24, 2.45) is 0 Å². The van der Waals surface area contributed by atoms with E-state index in [9.17, 15) is 9.59 Å². The Bertz CT molecular complexity index is 556. The van der Waals surface area contributed by atoms with E-state index < -0.39 is 0 Å². The summed E-state index contributed by atoms with van der Waals surface area (Å²) in [6.07, 6.45) is 0. The van der Waals surface area contributed by atoms with Gasteiger partial charge < -0.3 is 0 Å². The fourth-order valence-electron chi connectivity index (χ4n) is 1.47. The predicted molar refractivity (Wildman–Crippen MR) is 82.5 cm³/mol. The van der Waals surface area contributed by atoms with Gasteiger partial charge in [0.1, 0.15) is 0 Å². The van der Waals surface area contributed by atoms with E-state index in [1.165, 1.54) is 28.7 Å². The van der Waals surface area contributed by atoms with E-state index in [1.54, 1.807) is 12.1 Å². The zero-order chi connectivity index (χ0) is 14.2. The summed E-state index contributed by atoms with van der Waals surface area (Å²) in [6, 6.07) is 13.4. The molecule has 104 valence electrons. The first-order valence-electron chi connectivity index (χ1n) is 6.00. The molecule has 0 spiro atoms. The number of carbonyl (C=O) groups excluding carboxylic acids is 2. The number of amides is 2. The molecule has 0 saturated carbocycles. The van der Waals surface area contributed by atoms with Crippen LogP contribution in [0.3, 0.4) is 0 Å². The number of benzene rings is 1. The number of hydrazine groups is 1. The molecular weight excluding hydrogens is 292 g/mol. The Labute approximate surface area is 125 Å². The second-order valence-electron chi connectivity index (χ2n) is 3.96.